The summed E-state index contributed by atoms with van der Waals surface area (Å²) in [6, 6.07) is 19.7. The third-order valence-electron chi connectivity index (χ3n) is 5.54. The molecule has 33 heavy (non-hydrogen) atoms. The predicted molar refractivity (Wildman–Crippen MR) is 131 cm³/mol. The molecule has 1 fully saturated rings. The fourth-order valence-electron chi connectivity index (χ4n) is 3.83. The van der Waals surface area contributed by atoms with Crippen molar-refractivity contribution in [2.45, 2.75) is 28.7 Å². The van der Waals surface area contributed by atoms with Crippen molar-refractivity contribution in [3.63, 3.8) is 0 Å². The van der Waals surface area contributed by atoms with Gasteiger partial charge >= 0.3 is 0 Å². The zero-order chi connectivity index (χ0) is 22.5. The van der Waals surface area contributed by atoms with Crippen LogP contribution in [0.3, 0.4) is 0 Å². The zero-order valence-electron chi connectivity index (χ0n) is 18.0. The minimum Gasteiger partial charge on any atom is -0.376 e. The van der Waals surface area contributed by atoms with E-state index >= 15 is 0 Å². The van der Waals surface area contributed by atoms with Gasteiger partial charge in [-0.05, 0) is 67.5 Å². The van der Waals surface area contributed by atoms with Crippen LogP contribution in [0.1, 0.15) is 34.6 Å². The summed E-state index contributed by atoms with van der Waals surface area (Å²) in [7, 11) is 0. The van der Waals surface area contributed by atoms with Gasteiger partial charge < -0.3 is 10.1 Å². The first-order valence-corrected chi connectivity index (χ1v) is 11.8. The van der Waals surface area contributed by atoms with Crippen LogP contribution in [0.4, 0.5) is 0 Å². The Morgan fingerprint density at radius 3 is 2.91 bits per heavy atom. The van der Waals surface area contributed by atoms with E-state index in [0.717, 1.165) is 51.5 Å². The number of pyridine rings is 1. The first-order valence-electron chi connectivity index (χ1n) is 11.0. The van der Waals surface area contributed by atoms with Crippen molar-refractivity contribution in [1.29, 1.82) is 0 Å². The van der Waals surface area contributed by atoms with Gasteiger partial charge in [-0.25, -0.2) is 0 Å². The number of carbonyl (C=O) groups excluding carboxylic acids is 1. The predicted octanol–water partition coefficient (Wildman–Crippen LogP) is 5.19. The van der Waals surface area contributed by atoms with Gasteiger partial charge in [0, 0.05) is 34.5 Å². The summed E-state index contributed by atoms with van der Waals surface area (Å²) in [5.74, 6) is -0.0711. The summed E-state index contributed by atoms with van der Waals surface area (Å²) in [6.45, 7) is 1.33. The molecule has 0 spiro atoms. The Hall–Kier alpha value is -3.42. The molecule has 5 rings (SSSR count). The second kappa shape index (κ2) is 10.0. The molecule has 2 N–H and O–H groups in total. The maximum Gasteiger partial charge on any atom is 0.252 e. The summed E-state index contributed by atoms with van der Waals surface area (Å²) >= 11 is 1.57. The van der Waals surface area contributed by atoms with Crippen LogP contribution in [-0.4, -0.2) is 40.3 Å². The number of benzene rings is 2. The van der Waals surface area contributed by atoms with Gasteiger partial charge in [0.1, 0.15) is 0 Å². The Morgan fingerprint density at radius 1 is 1.15 bits per heavy atom. The molecule has 2 aromatic carbocycles. The molecule has 1 aliphatic rings. The van der Waals surface area contributed by atoms with Crippen molar-refractivity contribution in [2.24, 2.45) is 0 Å². The monoisotopic (exact) mass is 456 g/mol. The van der Waals surface area contributed by atoms with Crippen molar-refractivity contribution in [3.05, 3.63) is 83.8 Å². The van der Waals surface area contributed by atoms with E-state index < -0.39 is 0 Å². The maximum absolute atomic E-state index is 12.8. The minimum absolute atomic E-state index is 0.0711. The molecule has 6 nitrogen and oxygen atoms in total. The number of aromatic nitrogens is 3. The Balaban J connectivity index is 1.31. The molecule has 1 amide bonds. The Morgan fingerprint density at radius 2 is 2.06 bits per heavy atom. The number of hydrogen-bond donors (Lipinski definition) is 2. The number of H-pyrrole nitrogens is 1. The number of hydrogen-bond acceptors (Lipinski definition) is 5. The number of amides is 1. The standard InChI is InChI=1S/C26H24N4O2S/c31-26(28-17-19-7-5-15-32-19)22-8-1-2-9-25(22)33-20-11-12-21-23(29-30-24(21)16-20)13-10-18-6-3-4-14-27-18/h1-4,6,8-14,16,19H,5,7,15,17H2,(H,28,31)(H,29,30)/b13-10+/t19-/m1/s1. The topological polar surface area (TPSA) is 79.9 Å². The van der Waals surface area contributed by atoms with Gasteiger partial charge in [0.25, 0.3) is 5.91 Å². The average molecular weight is 457 g/mol. The van der Waals surface area contributed by atoms with E-state index in [1.165, 1.54) is 0 Å². The van der Waals surface area contributed by atoms with Crippen LogP contribution in [0.15, 0.2) is 76.7 Å². The van der Waals surface area contributed by atoms with Crippen LogP contribution in [0.25, 0.3) is 23.1 Å². The van der Waals surface area contributed by atoms with Crippen molar-refractivity contribution < 1.29 is 9.53 Å². The van der Waals surface area contributed by atoms with Gasteiger partial charge in [0.05, 0.1) is 28.6 Å². The first kappa shape index (κ1) is 21.4. The molecule has 7 heteroatoms. The van der Waals surface area contributed by atoms with E-state index in [1.54, 1.807) is 18.0 Å². The van der Waals surface area contributed by atoms with Gasteiger partial charge in [-0.3, -0.25) is 14.9 Å². The Bertz CT molecular complexity index is 1280. The molecular weight excluding hydrogens is 432 g/mol. The van der Waals surface area contributed by atoms with Crippen LogP contribution in [0, 0.1) is 0 Å². The average Bonchev–Trinajstić information content (AvgIpc) is 3.52. The second-order valence-electron chi connectivity index (χ2n) is 7.85. The fraction of sp³-hybridized carbons (Fsp3) is 0.192. The summed E-state index contributed by atoms with van der Waals surface area (Å²) < 4.78 is 5.61. The summed E-state index contributed by atoms with van der Waals surface area (Å²) in [6.07, 6.45) is 7.86. The van der Waals surface area contributed by atoms with E-state index in [1.807, 2.05) is 54.6 Å². The highest BCUT2D eigenvalue weighted by molar-refractivity contribution is 7.99. The fourth-order valence-corrected chi connectivity index (χ4v) is 4.81. The molecule has 1 aliphatic heterocycles. The van der Waals surface area contributed by atoms with Gasteiger partial charge in [-0.2, -0.15) is 5.10 Å². The highest BCUT2D eigenvalue weighted by Gasteiger charge is 2.18. The third-order valence-corrected chi connectivity index (χ3v) is 6.60. The summed E-state index contributed by atoms with van der Waals surface area (Å²) in [5, 5.41) is 11.6. The van der Waals surface area contributed by atoms with Crippen molar-refractivity contribution in [2.75, 3.05) is 13.2 Å². The van der Waals surface area contributed by atoms with E-state index in [0.29, 0.717) is 12.1 Å². The van der Waals surface area contributed by atoms with Gasteiger partial charge in [0.2, 0.25) is 0 Å². The molecule has 0 bridgehead atoms. The van der Waals surface area contributed by atoms with Gasteiger partial charge in [0.15, 0.2) is 0 Å². The molecule has 0 unspecified atom stereocenters. The van der Waals surface area contributed by atoms with Crippen molar-refractivity contribution in [1.82, 2.24) is 20.5 Å². The molecule has 4 aromatic rings. The molecule has 3 heterocycles. The number of ether oxygens (including phenoxy) is 1. The lowest BCUT2D eigenvalue weighted by atomic mass is 10.2. The highest BCUT2D eigenvalue weighted by Crippen LogP contribution is 2.33. The number of nitrogens with zero attached hydrogens (tertiary/aromatic N) is 2. The molecule has 1 atom stereocenters. The van der Waals surface area contributed by atoms with E-state index in [-0.39, 0.29) is 12.0 Å². The zero-order valence-corrected chi connectivity index (χ0v) is 18.8. The summed E-state index contributed by atoms with van der Waals surface area (Å²) in [5.41, 5.74) is 3.36. The lowest BCUT2D eigenvalue weighted by Crippen LogP contribution is -2.32. The normalized spacial score (nSPS) is 15.9. The third kappa shape index (κ3) is 5.16. The molecule has 0 saturated carbocycles. The SMILES string of the molecule is O=C(NC[C@H]1CCCO1)c1ccccc1Sc1ccc2c(/C=C/c3ccccn3)n[nH]c2c1. The number of rotatable bonds is 7. The van der Waals surface area contributed by atoms with Crippen molar-refractivity contribution >= 4 is 40.7 Å². The maximum atomic E-state index is 12.8. The lowest BCUT2D eigenvalue weighted by Gasteiger charge is -2.13. The lowest BCUT2D eigenvalue weighted by molar-refractivity contribution is 0.0855. The second-order valence-corrected chi connectivity index (χ2v) is 8.96. The minimum atomic E-state index is -0.0711. The summed E-state index contributed by atoms with van der Waals surface area (Å²) in [4.78, 5) is 19.1. The van der Waals surface area contributed by atoms with Gasteiger partial charge in [-0.15, -0.1) is 0 Å². The molecule has 0 radical (unpaired) electrons. The molecule has 1 saturated heterocycles. The molecular formula is C26H24N4O2S. The van der Waals surface area contributed by atoms with E-state index in [2.05, 4.69) is 38.7 Å². The van der Waals surface area contributed by atoms with Crippen LogP contribution >= 0.6 is 11.8 Å². The first-order chi connectivity index (χ1) is 16.3. The van der Waals surface area contributed by atoms with E-state index in [9.17, 15) is 4.79 Å². The Labute approximate surface area is 196 Å². The van der Waals surface area contributed by atoms with Crippen LogP contribution < -0.4 is 5.32 Å². The largest absolute Gasteiger partial charge is 0.376 e. The number of fused-ring (bicyclic) bond motifs is 1. The highest BCUT2D eigenvalue weighted by atomic mass is 32.2. The van der Waals surface area contributed by atoms with Crippen molar-refractivity contribution in [3.8, 4) is 0 Å². The van der Waals surface area contributed by atoms with Crippen LogP contribution in [0.2, 0.25) is 0 Å². The van der Waals surface area contributed by atoms with Crippen LogP contribution in [0.5, 0.6) is 0 Å². The molecule has 2 aromatic heterocycles. The van der Waals surface area contributed by atoms with Crippen LogP contribution in [-0.2, 0) is 4.74 Å². The Kier molecular flexibility index (Phi) is 6.51. The molecule has 166 valence electrons. The smallest absolute Gasteiger partial charge is 0.252 e. The quantitative estimate of drug-likeness (QED) is 0.400. The molecule has 0 aliphatic carbocycles. The number of aromatic amines is 1. The number of nitrogens with one attached hydrogen (secondary N) is 2. The van der Waals surface area contributed by atoms with Gasteiger partial charge in [-0.1, -0.05) is 30.0 Å². The van der Waals surface area contributed by atoms with E-state index in [4.69, 9.17) is 4.74 Å². The number of carbonyl (C=O) groups is 1.